The Labute approximate surface area is 102 Å². The number of carbonyl (C=O) groups is 1. The number of benzene rings is 1. The second kappa shape index (κ2) is 5.80. The van der Waals surface area contributed by atoms with Crippen LogP contribution in [0.1, 0.15) is 43.1 Å². The highest BCUT2D eigenvalue weighted by Crippen LogP contribution is 2.12. The first kappa shape index (κ1) is 13.7. The molecular weight excluding hydrogens is 217 g/mol. The third kappa shape index (κ3) is 3.55. The van der Waals surface area contributed by atoms with Gasteiger partial charge in [0.15, 0.2) is 0 Å². The van der Waals surface area contributed by atoms with Gasteiger partial charge in [0.2, 0.25) is 0 Å². The molecule has 94 valence electrons. The summed E-state index contributed by atoms with van der Waals surface area (Å²) in [7, 11) is 0. The van der Waals surface area contributed by atoms with Crippen LogP contribution in [-0.2, 0) is 0 Å². The molecule has 1 aromatic rings. The Morgan fingerprint density at radius 3 is 2.65 bits per heavy atom. The zero-order valence-electron chi connectivity index (χ0n) is 10.9. The van der Waals surface area contributed by atoms with Crippen LogP contribution < -0.4 is 5.32 Å². The minimum atomic E-state index is -0.468. The van der Waals surface area contributed by atoms with E-state index in [2.05, 4.69) is 19.2 Å². The van der Waals surface area contributed by atoms with E-state index >= 15 is 0 Å². The summed E-state index contributed by atoms with van der Waals surface area (Å²) in [5, 5.41) is 2.84. The molecule has 3 heteroatoms. The number of halogens is 1. The van der Waals surface area contributed by atoms with Crippen LogP contribution in [0.2, 0.25) is 0 Å². The van der Waals surface area contributed by atoms with Crippen molar-refractivity contribution in [3.8, 4) is 0 Å². The van der Waals surface area contributed by atoms with Gasteiger partial charge in [-0.05, 0) is 31.9 Å². The minimum Gasteiger partial charge on any atom is -0.349 e. The van der Waals surface area contributed by atoms with Crippen molar-refractivity contribution in [2.24, 2.45) is 5.92 Å². The quantitative estimate of drug-likeness (QED) is 0.855. The van der Waals surface area contributed by atoms with Crippen LogP contribution >= 0.6 is 0 Å². The summed E-state index contributed by atoms with van der Waals surface area (Å²) in [6.45, 7) is 7.92. The summed E-state index contributed by atoms with van der Waals surface area (Å²) in [5.74, 6) is -0.421. The molecule has 2 unspecified atom stereocenters. The smallest absolute Gasteiger partial charge is 0.254 e. The van der Waals surface area contributed by atoms with E-state index in [4.69, 9.17) is 0 Å². The van der Waals surface area contributed by atoms with E-state index in [0.717, 1.165) is 12.0 Å². The maximum atomic E-state index is 13.5. The van der Waals surface area contributed by atoms with Gasteiger partial charge in [-0.25, -0.2) is 4.39 Å². The van der Waals surface area contributed by atoms with Gasteiger partial charge in [0.05, 0.1) is 5.56 Å². The van der Waals surface area contributed by atoms with Gasteiger partial charge >= 0.3 is 0 Å². The zero-order chi connectivity index (χ0) is 13.0. The second-order valence-electron chi connectivity index (χ2n) is 4.63. The van der Waals surface area contributed by atoms with Crippen LogP contribution in [-0.4, -0.2) is 11.9 Å². The molecule has 0 aliphatic rings. The van der Waals surface area contributed by atoms with E-state index in [1.54, 1.807) is 12.1 Å². The van der Waals surface area contributed by atoms with E-state index < -0.39 is 5.82 Å². The van der Waals surface area contributed by atoms with Gasteiger partial charge in [0, 0.05) is 6.04 Å². The highest BCUT2D eigenvalue weighted by molar-refractivity contribution is 5.94. The van der Waals surface area contributed by atoms with Crippen LogP contribution in [0.15, 0.2) is 18.2 Å². The molecule has 1 rings (SSSR count). The average Bonchev–Trinajstić information content (AvgIpc) is 2.30. The molecule has 0 heterocycles. The Bertz CT molecular complexity index is 403. The van der Waals surface area contributed by atoms with Gasteiger partial charge in [0.1, 0.15) is 5.82 Å². The summed E-state index contributed by atoms with van der Waals surface area (Å²) in [5.41, 5.74) is 1.01. The second-order valence-corrected chi connectivity index (χ2v) is 4.63. The molecule has 0 aliphatic carbocycles. The fourth-order valence-corrected chi connectivity index (χ4v) is 1.59. The Kier molecular flexibility index (Phi) is 4.67. The standard InChI is InChI=1S/C14H20FNO/c1-5-10(3)11(4)16-14(17)12-8-9(2)6-7-13(12)15/h6-8,10-11H,5H2,1-4H3,(H,16,17). The maximum Gasteiger partial charge on any atom is 0.254 e. The molecule has 0 radical (unpaired) electrons. The Morgan fingerprint density at radius 2 is 2.06 bits per heavy atom. The molecule has 2 nitrogen and oxygen atoms in total. The van der Waals surface area contributed by atoms with Gasteiger partial charge in [-0.3, -0.25) is 4.79 Å². The molecule has 17 heavy (non-hydrogen) atoms. The largest absolute Gasteiger partial charge is 0.349 e. The number of carbonyl (C=O) groups excluding carboxylic acids is 1. The lowest BCUT2D eigenvalue weighted by Crippen LogP contribution is -2.37. The Hall–Kier alpha value is -1.38. The van der Waals surface area contributed by atoms with Gasteiger partial charge in [0.25, 0.3) is 5.91 Å². The van der Waals surface area contributed by atoms with E-state index in [-0.39, 0.29) is 17.5 Å². The van der Waals surface area contributed by atoms with Crippen molar-refractivity contribution in [2.75, 3.05) is 0 Å². The molecule has 0 saturated carbocycles. The molecule has 0 bridgehead atoms. The highest BCUT2D eigenvalue weighted by Gasteiger charge is 2.17. The molecule has 0 saturated heterocycles. The number of aryl methyl sites for hydroxylation is 1. The number of nitrogens with one attached hydrogen (secondary N) is 1. The Morgan fingerprint density at radius 1 is 1.41 bits per heavy atom. The maximum absolute atomic E-state index is 13.5. The molecule has 2 atom stereocenters. The van der Waals surface area contributed by atoms with E-state index in [1.165, 1.54) is 6.07 Å². The normalized spacial score (nSPS) is 14.2. The lowest BCUT2D eigenvalue weighted by molar-refractivity contribution is 0.0924. The van der Waals surface area contributed by atoms with Crippen molar-refractivity contribution in [3.05, 3.63) is 35.1 Å². The van der Waals surface area contributed by atoms with Crippen LogP contribution in [0.3, 0.4) is 0 Å². The lowest BCUT2D eigenvalue weighted by Gasteiger charge is -2.20. The first-order valence-electron chi connectivity index (χ1n) is 6.02. The zero-order valence-corrected chi connectivity index (χ0v) is 10.9. The van der Waals surface area contributed by atoms with Crippen molar-refractivity contribution in [1.29, 1.82) is 0 Å². The summed E-state index contributed by atoms with van der Waals surface area (Å²) in [6, 6.07) is 4.61. The van der Waals surface area contributed by atoms with Crippen molar-refractivity contribution in [3.63, 3.8) is 0 Å². The first-order chi connectivity index (χ1) is 7.95. The molecule has 0 fully saturated rings. The fraction of sp³-hybridized carbons (Fsp3) is 0.500. The van der Waals surface area contributed by atoms with Crippen LogP contribution in [0.25, 0.3) is 0 Å². The van der Waals surface area contributed by atoms with Crippen molar-refractivity contribution in [2.45, 2.75) is 40.2 Å². The summed E-state index contributed by atoms with van der Waals surface area (Å²) in [4.78, 5) is 11.9. The van der Waals surface area contributed by atoms with Crippen molar-refractivity contribution in [1.82, 2.24) is 5.32 Å². The summed E-state index contributed by atoms with van der Waals surface area (Å²) >= 11 is 0. The van der Waals surface area contributed by atoms with Crippen molar-refractivity contribution < 1.29 is 9.18 Å². The van der Waals surface area contributed by atoms with Gasteiger partial charge in [-0.1, -0.05) is 31.9 Å². The third-order valence-corrected chi connectivity index (χ3v) is 3.22. The summed E-state index contributed by atoms with van der Waals surface area (Å²) < 4.78 is 13.5. The fourth-order valence-electron chi connectivity index (χ4n) is 1.59. The predicted octanol–water partition coefficient (Wildman–Crippen LogP) is 3.30. The van der Waals surface area contributed by atoms with E-state index in [9.17, 15) is 9.18 Å². The predicted molar refractivity (Wildman–Crippen MR) is 67.5 cm³/mol. The van der Waals surface area contributed by atoms with Crippen LogP contribution in [0.4, 0.5) is 4.39 Å². The molecule has 1 amide bonds. The topological polar surface area (TPSA) is 29.1 Å². The average molecular weight is 237 g/mol. The minimum absolute atomic E-state index is 0.0485. The van der Waals surface area contributed by atoms with Crippen LogP contribution in [0.5, 0.6) is 0 Å². The van der Waals surface area contributed by atoms with Gasteiger partial charge in [-0.2, -0.15) is 0 Å². The third-order valence-electron chi connectivity index (χ3n) is 3.22. The molecule has 1 N–H and O–H groups in total. The molecule has 0 spiro atoms. The number of amides is 1. The monoisotopic (exact) mass is 237 g/mol. The highest BCUT2D eigenvalue weighted by atomic mass is 19.1. The number of hydrogen-bond donors (Lipinski definition) is 1. The van der Waals surface area contributed by atoms with Gasteiger partial charge in [-0.15, -0.1) is 0 Å². The van der Waals surface area contributed by atoms with E-state index in [1.807, 2.05) is 13.8 Å². The molecular formula is C14H20FNO. The molecule has 1 aromatic carbocycles. The van der Waals surface area contributed by atoms with E-state index in [0.29, 0.717) is 5.92 Å². The SMILES string of the molecule is CCC(C)C(C)NC(=O)c1cc(C)ccc1F. The molecule has 0 aromatic heterocycles. The number of hydrogen-bond acceptors (Lipinski definition) is 1. The molecule has 0 aliphatic heterocycles. The lowest BCUT2D eigenvalue weighted by atomic mass is 10.0. The van der Waals surface area contributed by atoms with Crippen molar-refractivity contribution >= 4 is 5.91 Å². The number of rotatable bonds is 4. The first-order valence-corrected chi connectivity index (χ1v) is 6.02. The van der Waals surface area contributed by atoms with Gasteiger partial charge < -0.3 is 5.32 Å². The Balaban J connectivity index is 2.79. The summed E-state index contributed by atoms with van der Waals surface area (Å²) in [6.07, 6.45) is 0.984. The van der Waals surface area contributed by atoms with Crippen LogP contribution in [0, 0.1) is 18.7 Å².